The van der Waals surface area contributed by atoms with E-state index in [0.29, 0.717) is 17.5 Å². The van der Waals surface area contributed by atoms with Crippen molar-refractivity contribution in [2.24, 2.45) is 5.84 Å². The summed E-state index contributed by atoms with van der Waals surface area (Å²) in [5, 5.41) is 8.17. The van der Waals surface area contributed by atoms with E-state index >= 15 is 0 Å². The lowest BCUT2D eigenvalue weighted by Gasteiger charge is -2.05. The van der Waals surface area contributed by atoms with E-state index in [1.807, 2.05) is 24.3 Å². The van der Waals surface area contributed by atoms with Crippen molar-refractivity contribution in [3.05, 3.63) is 36.2 Å². The Hall–Kier alpha value is -2.54. The molecular formula is C11H11N7. The van der Waals surface area contributed by atoms with Crippen molar-refractivity contribution >= 4 is 16.9 Å². The van der Waals surface area contributed by atoms with Crippen LogP contribution in [0.15, 0.2) is 30.3 Å². The number of aromatic nitrogens is 5. The lowest BCUT2D eigenvalue weighted by molar-refractivity contribution is 0.790. The predicted octanol–water partition coefficient (Wildman–Crippen LogP) is 0.805. The highest BCUT2D eigenvalue weighted by atomic mass is 15.4. The average molecular weight is 241 g/mol. The molecular weight excluding hydrogens is 230 g/mol. The van der Waals surface area contributed by atoms with Crippen molar-refractivity contribution in [1.82, 2.24) is 25.0 Å². The molecule has 0 aliphatic heterocycles. The molecule has 3 N–H and O–H groups in total. The number of fused-ring (bicyclic) bond motifs is 1. The van der Waals surface area contributed by atoms with Gasteiger partial charge in [-0.25, -0.2) is 15.8 Å². The molecule has 0 radical (unpaired) electrons. The smallest absolute Gasteiger partial charge is 0.161 e. The first-order chi connectivity index (χ1) is 8.78. The van der Waals surface area contributed by atoms with Crippen molar-refractivity contribution in [2.75, 3.05) is 5.43 Å². The Kier molecular flexibility index (Phi) is 2.38. The molecule has 1 aromatic carbocycles. The summed E-state index contributed by atoms with van der Waals surface area (Å²) in [6.07, 6.45) is 0. The standard InChI is InChI=1S/C11H11N7/c1-7-13-10(15-12)6-11(14-7)18-9-5-3-2-4-8(9)16-17-18/h2-6H,12H2,1H3,(H,13,14,15). The van der Waals surface area contributed by atoms with Gasteiger partial charge >= 0.3 is 0 Å². The molecule has 0 spiro atoms. The average Bonchev–Trinajstić information content (AvgIpc) is 2.81. The van der Waals surface area contributed by atoms with Crippen LogP contribution in [0.2, 0.25) is 0 Å². The number of anilines is 1. The van der Waals surface area contributed by atoms with E-state index in [1.54, 1.807) is 17.7 Å². The van der Waals surface area contributed by atoms with Crippen molar-refractivity contribution in [2.45, 2.75) is 6.92 Å². The van der Waals surface area contributed by atoms with Gasteiger partial charge in [0, 0.05) is 6.07 Å². The zero-order chi connectivity index (χ0) is 12.5. The summed E-state index contributed by atoms with van der Waals surface area (Å²) in [5.74, 6) is 7.15. The molecule has 3 rings (SSSR count). The maximum absolute atomic E-state index is 5.37. The normalized spacial score (nSPS) is 10.8. The van der Waals surface area contributed by atoms with E-state index in [2.05, 4.69) is 25.7 Å². The van der Waals surface area contributed by atoms with E-state index in [9.17, 15) is 0 Å². The molecule has 2 aromatic heterocycles. The maximum Gasteiger partial charge on any atom is 0.161 e. The van der Waals surface area contributed by atoms with Gasteiger partial charge in [0.25, 0.3) is 0 Å². The van der Waals surface area contributed by atoms with Crippen LogP contribution >= 0.6 is 0 Å². The molecule has 90 valence electrons. The summed E-state index contributed by atoms with van der Waals surface area (Å²) >= 11 is 0. The second-order valence-electron chi connectivity index (χ2n) is 3.79. The summed E-state index contributed by atoms with van der Waals surface area (Å²) < 4.78 is 1.66. The Morgan fingerprint density at radius 1 is 1.22 bits per heavy atom. The van der Waals surface area contributed by atoms with Crippen LogP contribution in [0.4, 0.5) is 5.82 Å². The highest BCUT2D eigenvalue weighted by molar-refractivity contribution is 5.75. The third kappa shape index (κ3) is 1.66. The second kappa shape index (κ2) is 4.04. The maximum atomic E-state index is 5.37. The molecule has 3 aromatic rings. The Morgan fingerprint density at radius 2 is 2.06 bits per heavy atom. The number of nitrogen functional groups attached to an aromatic ring is 1. The number of nitrogens with zero attached hydrogens (tertiary/aromatic N) is 5. The molecule has 0 aliphatic rings. The van der Waals surface area contributed by atoms with E-state index in [4.69, 9.17) is 5.84 Å². The number of rotatable bonds is 2. The summed E-state index contributed by atoms with van der Waals surface area (Å²) in [5.41, 5.74) is 4.21. The van der Waals surface area contributed by atoms with Crippen molar-refractivity contribution in [1.29, 1.82) is 0 Å². The molecule has 0 amide bonds. The van der Waals surface area contributed by atoms with Crippen LogP contribution in [0, 0.1) is 6.92 Å². The van der Waals surface area contributed by atoms with Crippen molar-refractivity contribution in [3.8, 4) is 5.82 Å². The molecule has 0 atom stereocenters. The number of aryl methyl sites for hydroxylation is 1. The van der Waals surface area contributed by atoms with Crippen LogP contribution in [-0.2, 0) is 0 Å². The minimum atomic E-state index is 0.539. The van der Waals surface area contributed by atoms with Gasteiger partial charge in [-0.05, 0) is 19.1 Å². The van der Waals surface area contributed by atoms with Gasteiger partial charge in [0.05, 0.1) is 5.52 Å². The molecule has 0 bridgehead atoms. The topological polar surface area (TPSA) is 94.5 Å². The number of hydrazine groups is 1. The third-order valence-corrected chi connectivity index (χ3v) is 2.54. The molecule has 0 saturated heterocycles. The van der Waals surface area contributed by atoms with Crippen LogP contribution in [0.1, 0.15) is 5.82 Å². The summed E-state index contributed by atoms with van der Waals surface area (Å²) in [7, 11) is 0. The van der Waals surface area contributed by atoms with E-state index < -0.39 is 0 Å². The van der Waals surface area contributed by atoms with E-state index in [1.165, 1.54) is 0 Å². The molecule has 0 fully saturated rings. The number of nitrogens with one attached hydrogen (secondary N) is 1. The lowest BCUT2D eigenvalue weighted by Crippen LogP contribution is -2.11. The van der Waals surface area contributed by atoms with Crippen molar-refractivity contribution in [3.63, 3.8) is 0 Å². The highest BCUT2D eigenvalue weighted by Gasteiger charge is 2.08. The molecule has 7 heteroatoms. The lowest BCUT2D eigenvalue weighted by atomic mass is 10.3. The van der Waals surface area contributed by atoms with Gasteiger partial charge in [0.2, 0.25) is 0 Å². The SMILES string of the molecule is Cc1nc(NN)cc(-n2nnc3ccccc32)n1. The Balaban J connectivity index is 2.22. The second-order valence-corrected chi connectivity index (χ2v) is 3.79. The molecule has 7 nitrogen and oxygen atoms in total. The van der Waals surface area contributed by atoms with Gasteiger partial charge in [0.1, 0.15) is 17.2 Å². The minimum Gasteiger partial charge on any atom is -0.308 e. The first-order valence-corrected chi connectivity index (χ1v) is 5.41. The monoisotopic (exact) mass is 241 g/mol. The molecule has 0 aliphatic carbocycles. The van der Waals surface area contributed by atoms with Gasteiger partial charge in [-0.3, -0.25) is 0 Å². The molecule has 0 unspecified atom stereocenters. The van der Waals surface area contributed by atoms with Crippen LogP contribution in [0.25, 0.3) is 16.9 Å². The van der Waals surface area contributed by atoms with Crippen LogP contribution in [-0.4, -0.2) is 25.0 Å². The zero-order valence-corrected chi connectivity index (χ0v) is 9.70. The number of benzene rings is 1. The predicted molar refractivity (Wildman–Crippen MR) is 67.0 cm³/mol. The van der Waals surface area contributed by atoms with Crippen molar-refractivity contribution < 1.29 is 0 Å². The fourth-order valence-electron chi connectivity index (χ4n) is 1.77. The van der Waals surface area contributed by atoms with Gasteiger partial charge in [0.15, 0.2) is 5.82 Å². The molecule has 18 heavy (non-hydrogen) atoms. The zero-order valence-electron chi connectivity index (χ0n) is 9.70. The fourth-order valence-corrected chi connectivity index (χ4v) is 1.77. The molecule has 0 saturated carbocycles. The fraction of sp³-hybridized carbons (Fsp3) is 0.0909. The van der Waals surface area contributed by atoms with E-state index in [0.717, 1.165) is 11.0 Å². The van der Waals surface area contributed by atoms with Gasteiger partial charge in [-0.2, -0.15) is 4.68 Å². The largest absolute Gasteiger partial charge is 0.308 e. The minimum absolute atomic E-state index is 0.539. The summed E-state index contributed by atoms with van der Waals surface area (Å²) in [4.78, 5) is 8.46. The number of hydrogen-bond donors (Lipinski definition) is 2. The first kappa shape index (κ1) is 10.6. The number of para-hydroxylation sites is 1. The number of nitrogens with two attached hydrogens (primary N) is 1. The number of hydrogen-bond acceptors (Lipinski definition) is 6. The Labute approximate surface area is 103 Å². The third-order valence-electron chi connectivity index (χ3n) is 2.54. The highest BCUT2D eigenvalue weighted by Crippen LogP contribution is 2.16. The Bertz CT molecular complexity index is 703. The quantitative estimate of drug-likeness (QED) is 0.509. The molecule has 2 heterocycles. The first-order valence-electron chi connectivity index (χ1n) is 5.41. The Morgan fingerprint density at radius 3 is 2.89 bits per heavy atom. The van der Waals surface area contributed by atoms with Gasteiger partial charge in [-0.1, -0.05) is 17.3 Å². The van der Waals surface area contributed by atoms with Gasteiger partial charge in [-0.15, -0.1) is 5.10 Å². The van der Waals surface area contributed by atoms with Gasteiger partial charge < -0.3 is 5.43 Å². The van der Waals surface area contributed by atoms with Crippen LogP contribution in [0.5, 0.6) is 0 Å². The summed E-state index contributed by atoms with van der Waals surface area (Å²) in [6.45, 7) is 1.80. The van der Waals surface area contributed by atoms with E-state index in [-0.39, 0.29) is 0 Å². The van der Waals surface area contributed by atoms with Crippen LogP contribution in [0.3, 0.4) is 0 Å². The van der Waals surface area contributed by atoms with Crippen LogP contribution < -0.4 is 11.3 Å². The summed E-state index contributed by atoms with van der Waals surface area (Å²) in [6, 6.07) is 9.39.